The Morgan fingerprint density at radius 2 is 1.73 bits per heavy atom. The number of carbonyl (C=O) groups excluding carboxylic acids is 1. The lowest BCUT2D eigenvalue weighted by molar-refractivity contribution is 0.0670. The first-order valence-electron chi connectivity index (χ1n) is 15.3. The number of amidine groups is 1. The topological polar surface area (TPSA) is 108 Å². The number of hydrogen-bond donors (Lipinski definition) is 3. The number of imidazole rings is 1. The largest absolute Gasteiger partial charge is 0.378 e. The third kappa shape index (κ3) is 6.73. The maximum Gasteiger partial charge on any atom is 0.255 e. The summed E-state index contributed by atoms with van der Waals surface area (Å²) in [5, 5.41) is 15.0. The van der Waals surface area contributed by atoms with Gasteiger partial charge in [-0.2, -0.15) is 0 Å². The van der Waals surface area contributed by atoms with E-state index in [1.807, 2.05) is 90.4 Å². The lowest BCUT2D eigenvalue weighted by Gasteiger charge is -2.29. The third-order valence-electron chi connectivity index (χ3n) is 8.23. The number of hydrogen-bond acceptors (Lipinski definition) is 6. The molecule has 0 spiro atoms. The molecule has 0 aliphatic carbocycles. The molecule has 0 saturated carbocycles. The Hall–Kier alpha value is -5.02. The van der Waals surface area contributed by atoms with Gasteiger partial charge in [-0.05, 0) is 59.4 Å². The van der Waals surface area contributed by atoms with Crippen molar-refractivity contribution in [3.05, 3.63) is 108 Å². The van der Waals surface area contributed by atoms with Crippen molar-refractivity contribution in [2.24, 2.45) is 0 Å². The fourth-order valence-electron chi connectivity index (χ4n) is 5.49. The number of anilines is 3. The number of amides is 1. The Morgan fingerprint density at radius 3 is 2.44 bits per heavy atom. The molecule has 1 amide bonds. The zero-order chi connectivity index (χ0) is 31.6. The standard InChI is InChI=1S/C36H39N7O2/c1-24-29(6-5-7-30(24)41-35(44)26-10-12-27(13-11-26)36(2,3)4)31-23-43-17-16-38-34(43)33(40-31)39-28-14-8-25(9-15-28)22-32(37)42-18-20-45-21-19-42/h5-17,23,37H,18-22H2,1-4H3,(H,39,40)(H,41,44). The maximum absolute atomic E-state index is 13.2. The van der Waals surface area contributed by atoms with Gasteiger partial charge in [-0.1, -0.05) is 57.2 Å². The second-order valence-electron chi connectivity index (χ2n) is 12.4. The van der Waals surface area contributed by atoms with Crippen molar-refractivity contribution in [1.29, 1.82) is 5.41 Å². The van der Waals surface area contributed by atoms with Crippen LogP contribution in [0.4, 0.5) is 17.2 Å². The molecule has 0 radical (unpaired) electrons. The van der Waals surface area contributed by atoms with Crippen LogP contribution in [-0.2, 0) is 16.6 Å². The van der Waals surface area contributed by atoms with Gasteiger partial charge in [0.05, 0.1) is 18.9 Å². The minimum atomic E-state index is -0.153. The first-order valence-corrected chi connectivity index (χ1v) is 15.3. The number of aromatic nitrogens is 3. The molecular weight excluding hydrogens is 562 g/mol. The number of rotatable bonds is 7. The second-order valence-corrected chi connectivity index (χ2v) is 12.4. The van der Waals surface area contributed by atoms with E-state index in [1.54, 1.807) is 6.20 Å². The van der Waals surface area contributed by atoms with Crippen molar-refractivity contribution in [1.82, 2.24) is 19.3 Å². The molecule has 1 aliphatic rings. The second kappa shape index (κ2) is 12.5. The van der Waals surface area contributed by atoms with E-state index in [4.69, 9.17) is 15.1 Å². The van der Waals surface area contributed by atoms with Crippen LogP contribution in [0.1, 0.15) is 47.8 Å². The number of nitrogens with one attached hydrogen (secondary N) is 3. The fourth-order valence-corrected chi connectivity index (χ4v) is 5.49. The van der Waals surface area contributed by atoms with E-state index >= 15 is 0 Å². The van der Waals surface area contributed by atoms with Crippen LogP contribution in [0, 0.1) is 12.3 Å². The smallest absolute Gasteiger partial charge is 0.255 e. The Morgan fingerprint density at radius 1 is 1.00 bits per heavy atom. The molecule has 1 saturated heterocycles. The van der Waals surface area contributed by atoms with Crippen LogP contribution in [0.15, 0.2) is 85.3 Å². The fraction of sp³-hybridized carbons (Fsp3) is 0.278. The monoisotopic (exact) mass is 601 g/mol. The van der Waals surface area contributed by atoms with Crippen molar-refractivity contribution in [2.75, 3.05) is 36.9 Å². The van der Waals surface area contributed by atoms with Gasteiger partial charge in [0.1, 0.15) is 5.84 Å². The molecule has 3 N–H and O–H groups in total. The molecular formula is C36H39N7O2. The molecule has 1 fully saturated rings. The Balaban J connectivity index is 1.21. The van der Waals surface area contributed by atoms with E-state index in [0.29, 0.717) is 42.5 Å². The first-order chi connectivity index (χ1) is 21.7. The first kappa shape index (κ1) is 30.0. The Bertz CT molecular complexity index is 1830. The van der Waals surface area contributed by atoms with Crippen LogP contribution in [0.2, 0.25) is 0 Å². The maximum atomic E-state index is 13.2. The average Bonchev–Trinajstić information content (AvgIpc) is 3.52. The van der Waals surface area contributed by atoms with Crippen molar-refractivity contribution < 1.29 is 9.53 Å². The summed E-state index contributed by atoms with van der Waals surface area (Å²) in [6, 6.07) is 21.7. The number of fused-ring (bicyclic) bond motifs is 1. The predicted molar refractivity (Wildman–Crippen MR) is 180 cm³/mol. The lowest BCUT2D eigenvalue weighted by atomic mass is 9.86. The van der Waals surface area contributed by atoms with Gasteiger partial charge in [-0.15, -0.1) is 0 Å². The van der Waals surface area contributed by atoms with Crippen LogP contribution < -0.4 is 10.6 Å². The molecule has 45 heavy (non-hydrogen) atoms. The van der Waals surface area contributed by atoms with Gasteiger partial charge in [-0.25, -0.2) is 9.97 Å². The van der Waals surface area contributed by atoms with Crippen molar-refractivity contribution >= 4 is 34.6 Å². The molecule has 0 unspecified atom stereocenters. The predicted octanol–water partition coefficient (Wildman–Crippen LogP) is 6.85. The minimum absolute atomic E-state index is 0.0224. The number of nitrogens with zero attached hydrogens (tertiary/aromatic N) is 4. The number of benzene rings is 3. The van der Waals surface area contributed by atoms with Gasteiger partial charge in [0.15, 0.2) is 11.5 Å². The van der Waals surface area contributed by atoms with Crippen LogP contribution in [0.25, 0.3) is 16.9 Å². The van der Waals surface area contributed by atoms with Gasteiger partial charge in [0.2, 0.25) is 0 Å². The SMILES string of the molecule is Cc1c(NC(=O)c2ccc(C(C)(C)C)cc2)cccc1-c1cn2ccnc2c(Nc2ccc(CC(=N)N3CCOCC3)cc2)n1. The summed E-state index contributed by atoms with van der Waals surface area (Å²) in [5.41, 5.74) is 7.79. The van der Waals surface area contributed by atoms with E-state index in [9.17, 15) is 4.79 Å². The summed E-state index contributed by atoms with van der Waals surface area (Å²) >= 11 is 0. The third-order valence-corrected chi connectivity index (χ3v) is 8.23. The minimum Gasteiger partial charge on any atom is -0.378 e. The zero-order valence-corrected chi connectivity index (χ0v) is 26.2. The highest BCUT2D eigenvalue weighted by Gasteiger charge is 2.18. The van der Waals surface area contributed by atoms with Crippen molar-refractivity contribution in [3.63, 3.8) is 0 Å². The summed E-state index contributed by atoms with van der Waals surface area (Å²) < 4.78 is 7.36. The van der Waals surface area contributed by atoms with Crippen molar-refractivity contribution in [3.8, 4) is 11.3 Å². The Labute approximate surface area is 263 Å². The summed E-state index contributed by atoms with van der Waals surface area (Å²) in [6.07, 6.45) is 6.18. The molecule has 2 aromatic heterocycles. The molecule has 230 valence electrons. The molecule has 9 heteroatoms. The quantitative estimate of drug-likeness (QED) is 0.139. The number of ether oxygens (including phenoxy) is 1. The summed E-state index contributed by atoms with van der Waals surface area (Å²) in [4.78, 5) is 24.8. The van der Waals surface area contributed by atoms with E-state index in [-0.39, 0.29) is 11.3 Å². The Kier molecular flexibility index (Phi) is 8.36. The molecule has 3 heterocycles. The van der Waals surface area contributed by atoms with Gasteiger partial charge >= 0.3 is 0 Å². The van der Waals surface area contributed by atoms with Gasteiger partial charge in [0, 0.05) is 60.6 Å². The molecule has 0 bridgehead atoms. The van der Waals surface area contributed by atoms with E-state index < -0.39 is 0 Å². The van der Waals surface area contributed by atoms with Gasteiger partial charge in [0.25, 0.3) is 5.91 Å². The number of carbonyl (C=O) groups is 1. The molecule has 6 rings (SSSR count). The van der Waals surface area contributed by atoms with Gasteiger partial charge < -0.3 is 24.7 Å². The summed E-state index contributed by atoms with van der Waals surface area (Å²) in [7, 11) is 0. The van der Waals surface area contributed by atoms with Crippen LogP contribution in [0.3, 0.4) is 0 Å². The lowest BCUT2D eigenvalue weighted by Crippen LogP contribution is -2.41. The highest BCUT2D eigenvalue weighted by atomic mass is 16.5. The normalized spacial score (nSPS) is 13.6. The molecule has 3 aromatic carbocycles. The molecule has 0 atom stereocenters. The highest BCUT2D eigenvalue weighted by molar-refractivity contribution is 6.05. The van der Waals surface area contributed by atoms with E-state index in [2.05, 4.69) is 41.3 Å². The van der Waals surface area contributed by atoms with E-state index in [0.717, 1.165) is 46.8 Å². The van der Waals surface area contributed by atoms with E-state index in [1.165, 1.54) is 5.56 Å². The summed E-state index contributed by atoms with van der Waals surface area (Å²) in [5.74, 6) is 1.08. The van der Waals surface area contributed by atoms with Crippen LogP contribution in [-0.4, -0.2) is 57.3 Å². The summed E-state index contributed by atoms with van der Waals surface area (Å²) in [6.45, 7) is 11.3. The van der Waals surface area contributed by atoms with Crippen molar-refractivity contribution in [2.45, 2.75) is 39.5 Å². The molecule has 1 aliphatic heterocycles. The zero-order valence-electron chi connectivity index (χ0n) is 26.2. The highest BCUT2D eigenvalue weighted by Crippen LogP contribution is 2.31. The number of morpholine rings is 1. The molecule has 9 nitrogen and oxygen atoms in total. The average molecular weight is 602 g/mol. The van der Waals surface area contributed by atoms with Gasteiger partial charge in [-0.3, -0.25) is 10.2 Å². The van der Waals surface area contributed by atoms with Crippen LogP contribution in [0.5, 0.6) is 0 Å². The van der Waals surface area contributed by atoms with Crippen LogP contribution >= 0.6 is 0 Å². The molecule has 5 aromatic rings.